The van der Waals surface area contributed by atoms with Crippen LogP contribution in [0.2, 0.25) is 0 Å². The Morgan fingerprint density at radius 3 is 2.45 bits per heavy atom. The number of hydrogen-bond donors (Lipinski definition) is 4. The van der Waals surface area contributed by atoms with E-state index in [0.717, 1.165) is 30.0 Å². The van der Waals surface area contributed by atoms with Crippen molar-refractivity contribution in [3.8, 4) is 0 Å². The summed E-state index contributed by atoms with van der Waals surface area (Å²) in [4.78, 5) is 23.2. The molecule has 0 bridgehead atoms. The van der Waals surface area contributed by atoms with E-state index in [9.17, 15) is 9.90 Å². The van der Waals surface area contributed by atoms with Gasteiger partial charge >= 0.3 is 0 Å². The number of likely N-dealkylation sites (tertiary alicyclic amines) is 1. The number of aromatic nitrogens is 2. The number of nitrogens with one attached hydrogen (secondary N) is 3. The molecule has 4 rings (SSSR count). The molecule has 8 heteroatoms. The van der Waals surface area contributed by atoms with Crippen molar-refractivity contribution in [2.75, 3.05) is 42.1 Å². The normalized spacial score (nSPS) is 14.9. The lowest BCUT2D eigenvalue weighted by atomic mass is 10.1. The molecule has 1 aromatic heterocycles. The molecule has 0 radical (unpaired) electrons. The number of piperidine rings is 1. The molecule has 0 aliphatic carbocycles. The lowest BCUT2D eigenvalue weighted by Gasteiger charge is -2.25. The second-order valence-corrected chi connectivity index (χ2v) is 8.16. The predicted octanol–water partition coefficient (Wildman–Crippen LogP) is 3.79. The summed E-state index contributed by atoms with van der Waals surface area (Å²) >= 11 is 0. The van der Waals surface area contributed by atoms with Crippen LogP contribution in [0, 0.1) is 0 Å². The van der Waals surface area contributed by atoms with Crippen LogP contribution < -0.4 is 16.0 Å². The summed E-state index contributed by atoms with van der Waals surface area (Å²) in [6.45, 7) is 2.77. The summed E-state index contributed by atoms with van der Waals surface area (Å²) < 4.78 is 0. The van der Waals surface area contributed by atoms with E-state index in [1.165, 1.54) is 19.3 Å². The smallest absolute Gasteiger partial charge is 0.238 e. The molecule has 2 heterocycles. The zero-order valence-electron chi connectivity index (χ0n) is 18.6. The van der Waals surface area contributed by atoms with Crippen molar-refractivity contribution in [3.63, 3.8) is 0 Å². The number of aliphatic hydroxyl groups excluding tert-OH is 1. The Morgan fingerprint density at radius 1 is 0.970 bits per heavy atom. The number of carbonyl (C=O) groups is 1. The van der Waals surface area contributed by atoms with Gasteiger partial charge in [0.1, 0.15) is 5.82 Å². The Bertz CT molecular complexity index is 1020. The Kier molecular flexibility index (Phi) is 7.84. The van der Waals surface area contributed by atoms with Gasteiger partial charge in [-0.05, 0) is 61.8 Å². The fourth-order valence-electron chi connectivity index (χ4n) is 3.80. The van der Waals surface area contributed by atoms with Crippen LogP contribution in [-0.4, -0.2) is 52.1 Å². The summed E-state index contributed by atoms with van der Waals surface area (Å²) in [6, 6.07) is 18.7. The molecule has 1 aliphatic heterocycles. The van der Waals surface area contributed by atoms with Crippen LogP contribution in [0.1, 0.15) is 30.9 Å². The molecule has 2 aromatic carbocycles. The van der Waals surface area contributed by atoms with Gasteiger partial charge in [0.15, 0.2) is 0 Å². The summed E-state index contributed by atoms with van der Waals surface area (Å²) in [7, 11) is 0. The molecule has 1 amide bonds. The third-order valence-corrected chi connectivity index (χ3v) is 5.56. The monoisotopic (exact) mass is 446 g/mol. The molecule has 0 spiro atoms. The van der Waals surface area contributed by atoms with Gasteiger partial charge in [0.05, 0.1) is 12.6 Å². The van der Waals surface area contributed by atoms with Crippen molar-refractivity contribution in [1.29, 1.82) is 0 Å². The molecule has 3 aromatic rings. The van der Waals surface area contributed by atoms with Crippen LogP contribution in [0.4, 0.5) is 23.1 Å². The fourth-order valence-corrected chi connectivity index (χ4v) is 3.80. The van der Waals surface area contributed by atoms with Crippen LogP contribution in [0.5, 0.6) is 0 Å². The number of nitrogens with zero attached hydrogens (tertiary/aromatic N) is 3. The Balaban J connectivity index is 1.27. The minimum atomic E-state index is -0.629. The van der Waals surface area contributed by atoms with E-state index in [1.807, 2.05) is 54.6 Å². The first kappa shape index (κ1) is 22.7. The van der Waals surface area contributed by atoms with Gasteiger partial charge in [-0.25, -0.2) is 4.98 Å². The molecule has 1 fully saturated rings. The van der Waals surface area contributed by atoms with Gasteiger partial charge in [-0.15, -0.1) is 0 Å². The van der Waals surface area contributed by atoms with Crippen LogP contribution in [0.3, 0.4) is 0 Å². The lowest BCUT2D eigenvalue weighted by Crippen LogP contribution is -2.36. The molecule has 172 valence electrons. The fraction of sp³-hybridized carbons (Fsp3) is 0.320. The highest BCUT2D eigenvalue weighted by Crippen LogP contribution is 2.19. The zero-order chi connectivity index (χ0) is 22.9. The van der Waals surface area contributed by atoms with Crippen molar-refractivity contribution >= 4 is 29.0 Å². The van der Waals surface area contributed by atoms with Gasteiger partial charge < -0.3 is 21.1 Å². The summed E-state index contributed by atoms with van der Waals surface area (Å²) in [5, 5.41) is 19.6. The van der Waals surface area contributed by atoms with E-state index in [-0.39, 0.29) is 5.91 Å². The van der Waals surface area contributed by atoms with Crippen LogP contribution >= 0.6 is 0 Å². The van der Waals surface area contributed by atoms with Gasteiger partial charge in [-0.3, -0.25) is 9.69 Å². The molecule has 1 saturated heterocycles. The summed E-state index contributed by atoms with van der Waals surface area (Å²) in [5.41, 5.74) is 2.42. The first-order valence-electron chi connectivity index (χ1n) is 11.3. The molecule has 0 saturated carbocycles. The highest BCUT2D eigenvalue weighted by atomic mass is 16.3. The molecule has 8 nitrogen and oxygen atoms in total. The van der Waals surface area contributed by atoms with Crippen molar-refractivity contribution in [2.24, 2.45) is 0 Å². The van der Waals surface area contributed by atoms with Gasteiger partial charge in [0.25, 0.3) is 0 Å². The molecule has 33 heavy (non-hydrogen) atoms. The first-order chi connectivity index (χ1) is 16.2. The quantitative estimate of drug-likeness (QED) is 0.397. The average Bonchev–Trinajstić information content (AvgIpc) is 2.85. The van der Waals surface area contributed by atoms with Gasteiger partial charge in [-0.1, -0.05) is 36.8 Å². The standard InChI is InChI=1S/C25H30N6O2/c32-22(19-7-3-1-4-8-19)17-27-23-13-14-26-25(30-23)29-21-11-9-20(10-12-21)28-24(33)18-31-15-5-2-6-16-31/h1,3-4,7-14,22,32H,2,5-6,15-18H2,(H,28,33)(H2,26,27,29,30). The number of carbonyl (C=O) groups excluding carboxylic acids is 1. The predicted molar refractivity (Wildman–Crippen MR) is 131 cm³/mol. The van der Waals surface area contributed by atoms with E-state index in [0.29, 0.717) is 24.9 Å². The molecular formula is C25H30N6O2. The zero-order valence-corrected chi connectivity index (χ0v) is 18.6. The molecule has 4 N–H and O–H groups in total. The maximum Gasteiger partial charge on any atom is 0.238 e. The molecular weight excluding hydrogens is 416 g/mol. The van der Waals surface area contributed by atoms with E-state index < -0.39 is 6.10 Å². The van der Waals surface area contributed by atoms with E-state index in [2.05, 4.69) is 30.8 Å². The van der Waals surface area contributed by atoms with E-state index >= 15 is 0 Å². The highest BCUT2D eigenvalue weighted by molar-refractivity contribution is 5.92. The summed E-state index contributed by atoms with van der Waals surface area (Å²) in [5.74, 6) is 1.07. The second kappa shape index (κ2) is 11.4. The third-order valence-electron chi connectivity index (χ3n) is 5.56. The minimum Gasteiger partial charge on any atom is -0.387 e. The van der Waals surface area contributed by atoms with Gasteiger partial charge in [0.2, 0.25) is 11.9 Å². The van der Waals surface area contributed by atoms with Crippen molar-refractivity contribution in [3.05, 3.63) is 72.4 Å². The summed E-state index contributed by atoms with van der Waals surface area (Å²) in [6.07, 6.45) is 4.61. The molecule has 1 unspecified atom stereocenters. The molecule has 1 aliphatic rings. The Hall–Kier alpha value is -3.49. The average molecular weight is 447 g/mol. The van der Waals surface area contributed by atoms with Crippen LogP contribution in [0.25, 0.3) is 0 Å². The van der Waals surface area contributed by atoms with Crippen molar-refractivity contribution < 1.29 is 9.90 Å². The van der Waals surface area contributed by atoms with Gasteiger partial charge in [-0.2, -0.15) is 4.98 Å². The Morgan fingerprint density at radius 2 is 1.70 bits per heavy atom. The Labute approximate surface area is 194 Å². The topological polar surface area (TPSA) is 102 Å². The number of hydrogen-bond acceptors (Lipinski definition) is 7. The second-order valence-electron chi connectivity index (χ2n) is 8.16. The maximum atomic E-state index is 12.3. The van der Waals surface area contributed by atoms with Crippen molar-refractivity contribution in [1.82, 2.24) is 14.9 Å². The molecule has 1 atom stereocenters. The van der Waals surface area contributed by atoms with Crippen molar-refractivity contribution in [2.45, 2.75) is 25.4 Å². The lowest BCUT2D eigenvalue weighted by molar-refractivity contribution is -0.117. The van der Waals surface area contributed by atoms with Crippen LogP contribution in [0.15, 0.2) is 66.9 Å². The maximum absolute atomic E-state index is 12.3. The third kappa shape index (κ3) is 7.00. The highest BCUT2D eigenvalue weighted by Gasteiger charge is 2.14. The van der Waals surface area contributed by atoms with E-state index in [4.69, 9.17) is 0 Å². The first-order valence-corrected chi connectivity index (χ1v) is 11.3. The SMILES string of the molecule is O=C(CN1CCCCC1)Nc1ccc(Nc2nccc(NCC(O)c3ccccc3)n2)cc1. The number of benzene rings is 2. The number of rotatable bonds is 9. The minimum absolute atomic E-state index is 0.0115. The van der Waals surface area contributed by atoms with E-state index in [1.54, 1.807) is 12.3 Å². The number of anilines is 4. The number of amides is 1. The van der Waals surface area contributed by atoms with Gasteiger partial charge in [0, 0.05) is 24.1 Å². The largest absolute Gasteiger partial charge is 0.387 e. The van der Waals surface area contributed by atoms with Crippen LogP contribution in [-0.2, 0) is 4.79 Å². The number of aliphatic hydroxyl groups is 1.